The lowest BCUT2D eigenvalue weighted by molar-refractivity contribution is 0.219. The van der Waals surface area contributed by atoms with Gasteiger partial charge in [0.25, 0.3) is 0 Å². The molecule has 0 aliphatic carbocycles. The van der Waals surface area contributed by atoms with Gasteiger partial charge in [-0.05, 0) is 25.0 Å². The maximum absolute atomic E-state index is 15.4. The van der Waals surface area contributed by atoms with Crippen LogP contribution in [0.2, 0.25) is 0 Å². The van der Waals surface area contributed by atoms with Crippen LogP contribution in [-0.4, -0.2) is 5.38 Å². The van der Waals surface area contributed by atoms with E-state index in [4.69, 9.17) is 11.6 Å². The molecule has 0 aliphatic heterocycles. The van der Waals surface area contributed by atoms with Gasteiger partial charge in [-0.1, -0.05) is 60.2 Å². The van der Waals surface area contributed by atoms with Gasteiger partial charge in [-0.15, -0.1) is 11.6 Å². The van der Waals surface area contributed by atoms with E-state index in [0.29, 0.717) is 11.1 Å². The molecule has 0 saturated carbocycles. The summed E-state index contributed by atoms with van der Waals surface area (Å²) < 4.78 is 15.4. The van der Waals surface area contributed by atoms with Crippen LogP contribution in [0, 0.1) is 6.92 Å². The first-order valence-corrected chi connectivity index (χ1v) is 6.44. The van der Waals surface area contributed by atoms with Gasteiger partial charge in [0.2, 0.25) is 0 Å². The summed E-state index contributed by atoms with van der Waals surface area (Å²) in [6.07, 6.45) is 0. The molecule has 0 N–H and O–H groups in total. The second-order valence-electron chi connectivity index (χ2n) is 4.56. The van der Waals surface area contributed by atoms with E-state index in [1.807, 2.05) is 43.3 Å². The van der Waals surface area contributed by atoms with Crippen LogP contribution in [0.25, 0.3) is 0 Å². The number of rotatable bonds is 3. The van der Waals surface area contributed by atoms with E-state index >= 15 is 4.39 Å². The van der Waals surface area contributed by atoms with Crippen LogP contribution >= 0.6 is 11.6 Å². The van der Waals surface area contributed by atoms with Crippen LogP contribution in [0.15, 0.2) is 54.6 Å². The lowest BCUT2D eigenvalue weighted by atomic mass is 9.85. The molecule has 2 aromatic carbocycles. The fourth-order valence-corrected chi connectivity index (χ4v) is 2.43. The zero-order valence-electron chi connectivity index (χ0n) is 10.5. The van der Waals surface area contributed by atoms with Crippen molar-refractivity contribution in [3.8, 4) is 0 Å². The molecule has 94 valence electrons. The SMILES string of the molecule is Cc1cccc(C(F)(c2ccccc2)C(C)Cl)c1. The van der Waals surface area contributed by atoms with E-state index in [1.165, 1.54) is 0 Å². The number of alkyl halides is 2. The second-order valence-corrected chi connectivity index (χ2v) is 5.22. The molecule has 2 atom stereocenters. The topological polar surface area (TPSA) is 0 Å². The lowest BCUT2D eigenvalue weighted by Crippen LogP contribution is -2.31. The Hall–Kier alpha value is -1.34. The highest BCUT2D eigenvalue weighted by Gasteiger charge is 2.39. The minimum atomic E-state index is -1.66. The summed E-state index contributed by atoms with van der Waals surface area (Å²) in [5.41, 5.74) is 0.575. The average molecular weight is 263 g/mol. The van der Waals surface area contributed by atoms with Crippen molar-refractivity contribution in [2.75, 3.05) is 0 Å². The van der Waals surface area contributed by atoms with Crippen LogP contribution in [0.3, 0.4) is 0 Å². The summed E-state index contributed by atoms with van der Waals surface area (Å²) in [5, 5.41) is -0.637. The van der Waals surface area contributed by atoms with E-state index < -0.39 is 11.0 Å². The Kier molecular flexibility index (Phi) is 3.72. The fourth-order valence-electron chi connectivity index (χ4n) is 2.18. The fraction of sp³-hybridized carbons (Fsp3) is 0.250. The van der Waals surface area contributed by atoms with Crippen molar-refractivity contribution >= 4 is 11.6 Å². The second kappa shape index (κ2) is 5.11. The highest BCUT2D eigenvalue weighted by molar-refractivity contribution is 6.21. The third-order valence-electron chi connectivity index (χ3n) is 3.18. The largest absolute Gasteiger partial charge is 0.232 e. The van der Waals surface area contributed by atoms with Crippen molar-refractivity contribution in [3.63, 3.8) is 0 Å². The molecule has 2 rings (SSSR count). The summed E-state index contributed by atoms with van der Waals surface area (Å²) in [6.45, 7) is 3.64. The highest BCUT2D eigenvalue weighted by Crippen LogP contribution is 2.39. The van der Waals surface area contributed by atoms with Crippen molar-refractivity contribution in [3.05, 3.63) is 71.3 Å². The predicted molar refractivity (Wildman–Crippen MR) is 74.8 cm³/mol. The lowest BCUT2D eigenvalue weighted by Gasteiger charge is -2.29. The van der Waals surface area contributed by atoms with Crippen molar-refractivity contribution in [2.45, 2.75) is 24.9 Å². The van der Waals surface area contributed by atoms with Crippen molar-refractivity contribution in [1.82, 2.24) is 0 Å². The molecule has 2 unspecified atom stereocenters. The number of hydrogen-bond acceptors (Lipinski definition) is 0. The number of halogens is 2. The summed E-state index contributed by atoms with van der Waals surface area (Å²) in [6, 6.07) is 16.6. The Morgan fingerprint density at radius 3 is 2.17 bits per heavy atom. The minimum absolute atomic E-state index is 0.595. The quantitative estimate of drug-likeness (QED) is 0.695. The van der Waals surface area contributed by atoms with E-state index in [0.717, 1.165) is 5.56 Å². The predicted octanol–water partition coefficient (Wildman–Crippen LogP) is 4.84. The van der Waals surface area contributed by atoms with E-state index in [9.17, 15) is 0 Å². The van der Waals surface area contributed by atoms with Gasteiger partial charge in [0.05, 0.1) is 5.38 Å². The van der Waals surface area contributed by atoms with Crippen LogP contribution < -0.4 is 0 Å². The van der Waals surface area contributed by atoms with Gasteiger partial charge in [-0.2, -0.15) is 0 Å². The van der Waals surface area contributed by atoms with Gasteiger partial charge in [0, 0.05) is 0 Å². The van der Waals surface area contributed by atoms with E-state index in [1.54, 1.807) is 25.1 Å². The van der Waals surface area contributed by atoms with Gasteiger partial charge >= 0.3 is 0 Å². The van der Waals surface area contributed by atoms with Crippen molar-refractivity contribution in [2.24, 2.45) is 0 Å². The van der Waals surface area contributed by atoms with Gasteiger partial charge < -0.3 is 0 Å². The third kappa shape index (κ3) is 2.28. The Bertz CT molecular complexity index is 522. The maximum Gasteiger partial charge on any atom is 0.177 e. The highest BCUT2D eigenvalue weighted by atomic mass is 35.5. The molecule has 2 aromatic rings. The Balaban J connectivity index is 2.58. The Morgan fingerprint density at radius 1 is 1.00 bits per heavy atom. The number of hydrogen-bond donors (Lipinski definition) is 0. The van der Waals surface area contributed by atoms with Gasteiger partial charge in [-0.3, -0.25) is 0 Å². The van der Waals surface area contributed by atoms with Crippen LogP contribution in [0.5, 0.6) is 0 Å². The molecule has 0 bridgehead atoms. The van der Waals surface area contributed by atoms with Crippen LogP contribution in [0.4, 0.5) is 4.39 Å². The summed E-state index contributed by atoms with van der Waals surface area (Å²) in [7, 11) is 0. The van der Waals surface area contributed by atoms with Crippen molar-refractivity contribution in [1.29, 1.82) is 0 Å². The molecule has 0 nitrogen and oxygen atoms in total. The average Bonchev–Trinajstić information content (AvgIpc) is 2.38. The van der Waals surface area contributed by atoms with Crippen LogP contribution in [0.1, 0.15) is 23.6 Å². The zero-order valence-corrected chi connectivity index (χ0v) is 11.3. The molecule has 2 heteroatoms. The minimum Gasteiger partial charge on any atom is -0.232 e. The molecule has 0 spiro atoms. The summed E-state index contributed by atoms with van der Waals surface area (Å²) >= 11 is 6.13. The first-order chi connectivity index (χ1) is 8.55. The van der Waals surface area contributed by atoms with Crippen molar-refractivity contribution < 1.29 is 4.39 Å². The molecule has 0 radical (unpaired) electrons. The summed E-state index contributed by atoms with van der Waals surface area (Å²) in [4.78, 5) is 0. The molecule has 0 aliphatic rings. The summed E-state index contributed by atoms with van der Waals surface area (Å²) in [5.74, 6) is 0. The first-order valence-electron chi connectivity index (χ1n) is 6.01. The molecular formula is C16H16ClF. The van der Waals surface area contributed by atoms with E-state index in [-0.39, 0.29) is 0 Å². The Labute approximate surface area is 112 Å². The van der Waals surface area contributed by atoms with E-state index in [2.05, 4.69) is 0 Å². The smallest absolute Gasteiger partial charge is 0.177 e. The molecule has 0 heterocycles. The van der Waals surface area contributed by atoms with Crippen LogP contribution in [-0.2, 0) is 5.67 Å². The maximum atomic E-state index is 15.4. The molecule has 18 heavy (non-hydrogen) atoms. The number of aryl methyl sites for hydroxylation is 1. The normalized spacial score (nSPS) is 16.0. The number of benzene rings is 2. The van der Waals surface area contributed by atoms with Gasteiger partial charge in [0.1, 0.15) is 0 Å². The molecule has 0 fully saturated rings. The Morgan fingerprint density at radius 2 is 1.61 bits per heavy atom. The first kappa shape index (κ1) is 13.1. The molecular weight excluding hydrogens is 247 g/mol. The molecule has 0 saturated heterocycles. The van der Waals surface area contributed by atoms with Gasteiger partial charge in [-0.25, -0.2) is 4.39 Å². The monoisotopic (exact) mass is 262 g/mol. The van der Waals surface area contributed by atoms with Gasteiger partial charge in [0.15, 0.2) is 5.67 Å². The molecule has 0 amide bonds. The molecule has 0 aromatic heterocycles. The zero-order chi connectivity index (χ0) is 13.2. The third-order valence-corrected chi connectivity index (χ3v) is 3.48. The standard InChI is InChI=1S/C16H16ClF/c1-12-7-6-10-15(11-12)16(18,13(2)17)14-8-4-3-5-9-14/h3-11,13H,1-2H3.